The van der Waals surface area contributed by atoms with Gasteiger partial charge < -0.3 is 29.0 Å². The van der Waals surface area contributed by atoms with E-state index in [0.717, 1.165) is 4.90 Å². The number of morpholine rings is 1. The molecular weight excluding hydrogens is 648 g/mol. The number of alkyl halides is 3. The molecule has 16 heteroatoms. The van der Waals surface area contributed by atoms with E-state index in [4.69, 9.17) is 4.74 Å². The third-order valence-electron chi connectivity index (χ3n) is 8.22. The summed E-state index contributed by atoms with van der Waals surface area (Å²) in [7, 11) is 1.53. The van der Waals surface area contributed by atoms with E-state index in [1.165, 1.54) is 64.8 Å². The fourth-order valence-corrected chi connectivity index (χ4v) is 5.86. The summed E-state index contributed by atoms with van der Waals surface area (Å²) in [6, 6.07) is 5.76. The number of pyridine rings is 2. The molecule has 0 saturated carbocycles. The van der Waals surface area contributed by atoms with Crippen LogP contribution in [0.1, 0.15) is 16.1 Å². The SMILES string of the molecule is Cn1c(=O)c(-c2ccc(C[C@H](NC(=O)c3c(F)cc(N4CCOC[C@@H]4C(F)(F)F)cc3F)C(=O)O)n3ccnc23)cc2cc(F)ccc21. The lowest BCUT2D eigenvalue weighted by molar-refractivity contribution is -0.167. The molecule has 6 rings (SSSR count). The highest BCUT2D eigenvalue weighted by Gasteiger charge is 2.46. The van der Waals surface area contributed by atoms with E-state index >= 15 is 8.78 Å². The Morgan fingerprint density at radius 1 is 1.06 bits per heavy atom. The standard InChI is InChI=1S/C32H25F6N5O5/c1-41-25-5-2-17(33)10-16(25)11-21(30(41)45)20-4-3-18(43-7-6-39-28(20)43)14-24(31(46)47)40-29(44)27-22(34)12-19(13-23(27)35)42-8-9-48-15-26(42)32(36,37)38/h2-7,10-13,24,26H,8-9,14-15H2,1H3,(H,40,44)(H,46,47)/t24-,26+/m0/s1. The van der Waals surface area contributed by atoms with E-state index in [-0.39, 0.29) is 30.1 Å². The zero-order chi connectivity index (χ0) is 34.5. The number of hydrogen-bond donors (Lipinski definition) is 2. The Labute approximate surface area is 266 Å². The van der Waals surface area contributed by atoms with Crippen LogP contribution in [0.4, 0.5) is 32.0 Å². The first-order valence-electron chi connectivity index (χ1n) is 14.4. The van der Waals surface area contributed by atoms with E-state index in [0.29, 0.717) is 28.6 Å². The molecule has 0 spiro atoms. The van der Waals surface area contributed by atoms with E-state index in [2.05, 4.69) is 10.3 Å². The van der Waals surface area contributed by atoms with Crippen LogP contribution in [0, 0.1) is 17.5 Å². The molecular formula is C32H25F6N5O5. The van der Waals surface area contributed by atoms with Crippen molar-refractivity contribution in [2.75, 3.05) is 24.7 Å². The molecule has 1 aliphatic heterocycles. The molecule has 2 N–H and O–H groups in total. The van der Waals surface area contributed by atoms with Crippen molar-refractivity contribution in [2.24, 2.45) is 7.05 Å². The maximum Gasteiger partial charge on any atom is 0.411 e. The summed E-state index contributed by atoms with van der Waals surface area (Å²) in [5.41, 5.74) is -0.480. The molecule has 0 aliphatic carbocycles. The number of carboxylic acid groups (broad SMARTS) is 1. The second kappa shape index (κ2) is 12.3. The van der Waals surface area contributed by atoms with Crippen molar-refractivity contribution >= 4 is 34.1 Å². The normalized spacial score (nSPS) is 16.0. The zero-order valence-corrected chi connectivity index (χ0v) is 24.9. The first-order chi connectivity index (χ1) is 22.7. The Hall–Kier alpha value is -5.38. The number of aryl methyl sites for hydroxylation is 1. The number of benzene rings is 2. The Morgan fingerprint density at radius 2 is 1.79 bits per heavy atom. The lowest BCUT2D eigenvalue weighted by Crippen LogP contribution is -2.53. The molecule has 2 aromatic carbocycles. The smallest absolute Gasteiger partial charge is 0.411 e. The minimum Gasteiger partial charge on any atom is -0.480 e. The Bertz CT molecular complexity index is 2120. The first kappa shape index (κ1) is 32.6. The van der Waals surface area contributed by atoms with Gasteiger partial charge in [-0.15, -0.1) is 0 Å². The molecule has 3 aromatic heterocycles. The number of halogens is 6. The summed E-state index contributed by atoms with van der Waals surface area (Å²) in [6.45, 7) is -1.19. The van der Waals surface area contributed by atoms with Crippen LogP contribution in [0.25, 0.3) is 27.7 Å². The van der Waals surface area contributed by atoms with Gasteiger partial charge in [0.15, 0.2) is 0 Å². The maximum absolute atomic E-state index is 15.1. The number of rotatable bonds is 7. The monoisotopic (exact) mass is 673 g/mol. The number of aromatic nitrogens is 3. The third kappa shape index (κ3) is 5.94. The van der Waals surface area contributed by atoms with Gasteiger partial charge in [-0.1, -0.05) is 0 Å². The highest BCUT2D eigenvalue weighted by molar-refractivity contribution is 5.97. The lowest BCUT2D eigenvalue weighted by Gasteiger charge is -2.38. The number of nitrogens with one attached hydrogen (secondary N) is 1. The summed E-state index contributed by atoms with van der Waals surface area (Å²) < 4.78 is 92.5. The van der Waals surface area contributed by atoms with Gasteiger partial charge in [0.2, 0.25) is 0 Å². The summed E-state index contributed by atoms with van der Waals surface area (Å²) in [4.78, 5) is 43.5. The molecule has 10 nitrogen and oxygen atoms in total. The minimum atomic E-state index is -4.76. The largest absolute Gasteiger partial charge is 0.480 e. The van der Waals surface area contributed by atoms with E-state index < -0.39 is 77.4 Å². The summed E-state index contributed by atoms with van der Waals surface area (Å²) in [5, 5.41) is 12.4. The van der Waals surface area contributed by atoms with Crippen molar-refractivity contribution in [1.29, 1.82) is 0 Å². The van der Waals surface area contributed by atoms with E-state index in [1.54, 1.807) is 0 Å². The summed E-state index contributed by atoms with van der Waals surface area (Å²) >= 11 is 0. The second-order valence-corrected chi connectivity index (χ2v) is 11.2. The van der Waals surface area contributed by atoms with Crippen LogP contribution < -0.4 is 15.8 Å². The third-order valence-corrected chi connectivity index (χ3v) is 8.22. The molecule has 1 saturated heterocycles. The molecule has 0 radical (unpaired) electrons. The number of carbonyl (C=O) groups is 2. The molecule has 5 aromatic rings. The molecule has 2 atom stereocenters. The number of aliphatic carboxylic acids is 1. The Balaban J connectivity index is 1.28. The van der Waals surface area contributed by atoms with Gasteiger partial charge in [-0.3, -0.25) is 9.59 Å². The van der Waals surface area contributed by atoms with Crippen LogP contribution in [0.3, 0.4) is 0 Å². The van der Waals surface area contributed by atoms with Crippen molar-refractivity contribution in [1.82, 2.24) is 19.3 Å². The predicted molar refractivity (Wildman–Crippen MR) is 160 cm³/mol. The van der Waals surface area contributed by atoms with Crippen molar-refractivity contribution in [3.05, 3.63) is 100.0 Å². The molecule has 1 fully saturated rings. The maximum atomic E-state index is 15.1. The predicted octanol–water partition coefficient (Wildman–Crippen LogP) is 4.46. The van der Waals surface area contributed by atoms with Crippen LogP contribution in [-0.2, 0) is 23.0 Å². The van der Waals surface area contributed by atoms with Crippen molar-refractivity contribution in [2.45, 2.75) is 24.7 Å². The Morgan fingerprint density at radius 3 is 2.48 bits per heavy atom. The summed E-state index contributed by atoms with van der Waals surface area (Å²) in [5.74, 6) is -6.47. The van der Waals surface area contributed by atoms with Crippen LogP contribution in [0.15, 0.2) is 65.7 Å². The number of anilines is 1. The average molecular weight is 674 g/mol. The number of ether oxygens (including phenoxy) is 1. The minimum absolute atomic E-state index is 0.123. The van der Waals surface area contributed by atoms with Gasteiger partial charge >= 0.3 is 12.1 Å². The molecule has 4 heterocycles. The van der Waals surface area contributed by atoms with Crippen LogP contribution in [0.2, 0.25) is 0 Å². The number of fused-ring (bicyclic) bond motifs is 2. The average Bonchev–Trinajstić information content (AvgIpc) is 3.52. The number of hydrogen-bond acceptors (Lipinski definition) is 6. The van der Waals surface area contributed by atoms with Crippen molar-refractivity contribution < 1.29 is 45.8 Å². The van der Waals surface area contributed by atoms with Crippen molar-refractivity contribution in [3.8, 4) is 11.1 Å². The number of amides is 1. The number of carbonyl (C=O) groups excluding carboxylic acids is 1. The van der Waals surface area contributed by atoms with Gasteiger partial charge in [0.05, 0.1) is 24.3 Å². The van der Waals surface area contributed by atoms with Crippen LogP contribution in [0.5, 0.6) is 0 Å². The number of carboxylic acids is 1. The summed E-state index contributed by atoms with van der Waals surface area (Å²) in [6.07, 6.45) is -2.29. The van der Waals surface area contributed by atoms with Gasteiger partial charge in [-0.05, 0) is 48.5 Å². The molecule has 1 amide bonds. The van der Waals surface area contributed by atoms with Gasteiger partial charge in [0.25, 0.3) is 11.5 Å². The quantitative estimate of drug-likeness (QED) is 0.245. The fourth-order valence-electron chi connectivity index (χ4n) is 5.86. The molecule has 0 bridgehead atoms. The van der Waals surface area contributed by atoms with Gasteiger partial charge in [-0.25, -0.2) is 22.9 Å². The van der Waals surface area contributed by atoms with Crippen LogP contribution in [-0.4, -0.2) is 69.0 Å². The zero-order valence-electron chi connectivity index (χ0n) is 24.9. The highest BCUT2D eigenvalue weighted by atomic mass is 19.4. The van der Waals surface area contributed by atoms with Crippen molar-refractivity contribution in [3.63, 3.8) is 0 Å². The highest BCUT2D eigenvalue weighted by Crippen LogP contribution is 2.33. The topological polar surface area (TPSA) is 118 Å². The first-order valence-corrected chi connectivity index (χ1v) is 14.4. The molecule has 1 aliphatic rings. The van der Waals surface area contributed by atoms with E-state index in [1.807, 2.05) is 0 Å². The van der Waals surface area contributed by atoms with Gasteiger partial charge in [-0.2, -0.15) is 13.2 Å². The molecule has 0 unspecified atom stereocenters. The Kier molecular flexibility index (Phi) is 8.37. The van der Waals surface area contributed by atoms with Gasteiger partial charge in [0, 0.05) is 54.7 Å². The number of nitrogens with zero attached hydrogens (tertiary/aromatic N) is 4. The lowest BCUT2D eigenvalue weighted by atomic mass is 10.0. The van der Waals surface area contributed by atoms with Gasteiger partial charge in [0.1, 0.15) is 40.7 Å². The van der Waals surface area contributed by atoms with Crippen LogP contribution >= 0.6 is 0 Å². The number of imidazole rings is 1. The van der Waals surface area contributed by atoms with E-state index in [9.17, 15) is 37.1 Å². The fraction of sp³-hybridized carbons (Fsp3) is 0.250. The molecule has 48 heavy (non-hydrogen) atoms. The molecule has 250 valence electrons. The second-order valence-electron chi connectivity index (χ2n) is 11.2.